The highest BCUT2D eigenvalue weighted by atomic mass is 35.5. The van der Waals surface area contributed by atoms with Gasteiger partial charge in [0.2, 0.25) is 0 Å². The lowest BCUT2D eigenvalue weighted by Crippen LogP contribution is -2.36. The Balaban J connectivity index is 2.44. The Morgan fingerprint density at radius 1 is 1.24 bits per heavy atom. The van der Waals surface area contributed by atoms with Gasteiger partial charge in [-0.1, -0.05) is 30.7 Å². The van der Waals surface area contributed by atoms with E-state index < -0.39 is 5.92 Å². The van der Waals surface area contributed by atoms with Crippen LogP contribution in [0, 0.1) is 5.92 Å². The number of hydrogen-bond donors (Lipinski definition) is 0. The predicted molar refractivity (Wildman–Crippen MR) is 85.2 cm³/mol. The molecular weight excluding hydrogens is 288 g/mol. The fourth-order valence-corrected chi connectivity index (χ4v) is 2.71. The van der Waals surface area contributed by atoms with E-state index in [1.54, 1.807) is 6.92 Å². The molecule has 2 rings (SSSR count). The number of carbonyl (C=O) groups is 1. The molecule has 1 aliphatic heterocycles. The number of nitrogens with zero attached hydrogens (tertiary/aromatic N) is 2. The van der Waals surface area contributed by atoms with E-state index in [1.807, 2.05) is 38.1 Å². The third-order valence-electron chi connectivity index (χ3n) is 3.61. The highest BCUT2D eigenvalue weighted by Crippen LogP contribution is 2.33. The summed E-state index contributed by atoms with van der Waals surface area (Å²) >= 11 is 5.95. The van der Waals surface area contributed by atoms with Gasteiger partial charge < -0.3 is 4.74 Å². The lowest BCUT2D eigenvalue weighted by atomic mass is 9.78. The minimum absolute atomic E-state index is 0.135. The molecule has 0 amide bonds. The Bertz CT molecular complexity index is 578. The lowest BCUT2D eigenvalue weighted by Gasteiger charge is -2.29. The number of rotatable bonds is 4. The van der Waals surface area contributed by atoms with Gasteiger partial charge in [0.15, 0.2) is 0 Å². The van der Waals surface area contributed by atoms with Crippen molar-refractivity contribution >= 4 is 29.0 Å². The van der Waals surface area contributed by atoms with E-state index in [0.29, 0.717) is 17.3 Å². The molecule has 1 aliphatic rings. The molecule has 0 aromatic heterocycles. The van der Waals surface area contributed by atoms with Gasteiger partial charge in [0.05, 0.1) is 12.3 Å². The summed E-state index contributed by atoms with van der Waals surface area (Å²) in [5, 5.41) is 9.07. The molecule has 0 aliphatic carbocycles. The first-order chi connectivity index (χ1) is 10.1. The maximum absolute atomic E-state index is 12.3. The Kier molecular flexibility index (Phi) is 5.12. The van der Waals surface area contributed by atoms with Gasteiger partial charge in [-0.2, -0.15) is 10.2 Å². The van der Waals surface area contributed by atoms with Crippen LogP contribution in [-0.4, -0.2) is 24.0 Å². The Morgan fingerprint density at radius 2 is 1.90 bits per heavy atom. The van der Waals surface area contributed by atoms with Crippen LogP contribution in [0.1, 0.15) is 38.7 Å². The summed E-state index contributed by atoms with van der Waals surface area (Å²) in [5.74, 6) is -0.804. The van der Waals surface area contributed by atoms with Crippen LogP contribution in [0.5, 0.6) is 0 Å². The molecule has 4 nitrogen and oxygen atoms in total. The van der Waals surface area contributed by atoms with Crippen molar-refractivity contribution in [2.75, 3.05) is 6.61 Å². The van der Waals surface area contributed by atoms with Crippen LogP contribution in [0.3, 0.4) is 0 Å². The standard InChI is InChI=1S/C16H19ClN2O2/c1-4-13-15(11-6-8-12(17)9-7-11)14(10(3)18-19-13)16(20)21-5-2/h6-9,14-15H,4-5H2,1-3H3. The smallest absolute Gasteiger partial charge is 0.315 e. The Morgan fingerprint density at radius 3 is 2.48 bits per heavy atom. The van der Waals surface area contributed by atoms with Crippen LogP contribution < -0.4 is 0 Å². The van der Waals surface area contributed by atoms with Gasteiger partial charge in [0.1, 0.15) is 5.92 Å². The average molecular weight is 307 g/mol. The molecule has 5 heteroatoms. The van der Waals surface area contributed by atoms with Crippen LogP contribution in [-0.2, 0) is 9.53 Å². The molecule has 21 heavy (non-hydrogen) atoms. The van der Waals surface area contributed by atoms with E-state index >= 15 is 0 Å². The first-order valence-corrected chi connectivity index (χ1v) is 7.49. The highest BCUT2D eigenvalue weighted by molar-refractivity contribution is 6.30. The van der Waals surface area contributed by atoms with Gasteiger partial charge in [0, 0.05) is 16.7 Å². The zero-order chi connectivity index (χ0) is 15.4. The molecular formula is C16H19ClN2O2. The van der Waals surface area contributed by atoms with Crippen molar-refractivity contribution in [1.29, 1.82) is 0 Å². The summed E-state index contributed by atoms with van der Waals surface area (Å²) in [4.78, 5) is 12.3. The van der Waals surface area contributed by atoms with E-state index in [4.69, 9.17) is 16.3 Å². The first-order valence-electron chi connectivity index (χ1n) is 7.11. The van der Waals surface area contributed by atoms with E-state index in [1.165, 1.54) is 0 Å². The predicted octanol–water partition coefficient (Wildman–Crippen LogP) is 3.84. The molecule has 0 bridgehead atoms. The summed E-state index contributed by atoms with van der Waals surface area (Å²) in [6.07, 6.45) is 0.736. The molecule has 0 spiro atoms. The normalized spacial score (nSPS) is 21.5. The van der Waals surface area contributed by atoms with Crippen molar-refractivity contribution in [3.63, 3.8) is 0 Å². The van der Waals surface area contributed by atoms with Crippen LogP contribution in [0.2, 0.25) is 5.02 Å². The van der Waals surface area contributed by atoms with Crippen LogP contribution in [0.25, 0.3) is 0 Å². The molecule has 0 radical (unpaired) electrons. The van der Waals surface area contributed by atoms with Crippen LogP contribution >= 0.6 is 11.6 Å². The quantitative estimate of drug-likeness (QED) is 0.793. The van der Waals surface area contributed by atoms with Crippen molar-refractivity contribution < 1.29 is 9.53 Å². The lowest BCUT2D eigenvalue weighted by molar-refractivity contribution is -0.145. The second-order valence-electron chi connectivity index (χ2n) is 4.95. The minimum Gasteiger partial charge on any atom is -0.465 e. The number of benzene rings is 1. The molecule has 0 saturated carbocycles. The average Bonchev–Trinajstić information content (AvgIpc) is 2.48. The monoisotopic (exact) mass is 306 g/mol. The third-order valence-corrected chi connectivity index (χ3v) is 3.86. The molecule has 2 atom stereocenters. The van der Waals surface area contributed by atoms with Gasteiger partial charge in [-0.05, 0) is 38.0 Å². The zero-order valence-electron chi connectivity index (χ0n) is 12.5. The fraction of sp³-hybridized carbons (Fsp3) is 0.438. The molecule has 0 fully saturated rings. The van der Waals surface area contributed by atoms with Gasteiger partial charge >= 0.3 is 5.97 Å². The van der Waals surface area contributed by atoms with E-state index in [9.17, 15) is 4.79 Å². The molecule has 1 aromatic carbocycles. The topological polar surface area (TPSA) is 51.0 Å². The molecule has 1 heterocycles. The van der Waals surface area contributed by atoms with Crippen molar-refractivity contribution in [3.8, 4) is 0 Å². The number of ether oxygens (including phenoxy) is 1. The maximum atomic E-state index is 12.3. The number of halogens is 1. The van der Waals surface area contributed by atoms with E-state index in [-0.39, 0.29) is 11.9 Å². The van der Waals surface area contributed by atoms with Crippen molar-refractivity contribution in [2.45, 2.75) is 33.1 Å². The zero-order valence-corrected chi connectivity index (χ0v) is 13.2. The third kappa shape index (κ3) is 3.32. The van der Waals surface area contributed by atoms with Crippen molar-refractivity contribution in [2.24, 2.45) is 16.1 Å². The highest BCUT2D eigenvalue weighted by Gasteiger charge is 2.38. The molecule has 112 valence electrons. The molecule has 0 saturated heterocycles. The maximum Gasteiger partial charge on any atom is 0.315 e. The van der Waals surface area contributed by atoms with Crippen molar-refractivity contribution in [3.05, 3.63) is 34.9 Å². The summed E-state index contributed by atoms with van der Waals surface area (Å²) < 4.78 is 5.22. The van der Waals surface area contributed by atoms with Crippen molar-refractivity contribution in [1.82, 2.24) is 0 Å². The largest absolute Gasteiger partial charge is 0.465 e. The second kappa shape index (κ2) is 6.85. The van der Waals surface area contributed by atoms with Gasteiger partial charge in [-0.25, -0.2) is 0 Å². The summed E-state index contributed by atoms with van der Waals surface area (Å²) in [5.41, 5.74) is 2.58. The Labute approximate surface area is 129 Å². The Hall–Kier alpha value is -1.68. The molecule has 0 N–H and O–H groups in total. The van der Waals surface area contributed by atoms with Gasteiger partial charge in [-0.15, -0.1) is 0 Å². The number of hydrogen-bond acceptors (Lipinski definition) is 4. The summed E-state index contributed by atoms with van der Waals surface area (Å²) in [7, 11) is 0. The SMILES string of the molecule is CCOC(=O)C1C(C)=NN=C(CC)C1c1ccc(Cl)cc1. The van der Waals surface area contributed by atoms with Gasteiger partial charge in [0.25, 0.3) is 0 Å². The van der Waals surface area contributed by atoms with E-state index in [2.05, 4.69) is 10.2 Å². The summed E-state index contributed by atoms with van der Waals surface area (Å²) in [6, 6.07) is 7.52. The van der Waals surface area contributed by atoms with Crippen LogP contribution in [0.15, 0.2) is 34.5 Å². The van der Waals surface area contributed by atoms with Crippen LogP contribution in [0.4, 0.5) is 0 Å². The number of carbonyl (C=O) groups excluding carboxylic acids is 1. The second-order valence-corrected chi connectivity index (χ2v) is 5.38. The molecule has 1 aromatic rings. The number of esters is 1. The first kappa shape index (κ1) is 15.7. The minimum atomic E-state index is -0.418. The summed E-state index contributed by atoms with van der Waals surface area (Å²) in [6.45, 7) is 5.99. The van der Waals surface area contributed by atoms with E-state index in [0.717, 1.165) is 17.7 Å². The fourth-order valence-electron chi connectivity index (χ4n) is 2.59. The van der Waals surface area contributed by atoms with Gasteiger partial charge in [-0.3, -0.25) is 4.79 Å². The molecule has 2 unspecified atom stereocenters.